The average molecular weight is 925 g/mol. The third-order valence-electron chi connectivity index (χ3n) is 15.6. The molecule has 0 saturated heterocycles. The second-order valence-electron chi connectivity index (χ2n) is 19.7. The summed E-state index contributed by atoms with van der Waals surface area (Å²) < 4.78 is 5.18. The highest BCUT2D eigenvalue weighted by Gasteiger charge is 2.42. The zero-order valence-electron chi connectivity index (χ0n) is 39.5. The first kappa shape index (κ1) is 40.2. The molecule has 0 N–H and O–H groups in total. The molecule has 0 atom stereocenters. The summed E-state index contributed by atoms with van der Waals surface area (Å²) in [6.07, 6.45) is 0. The first-order valence-electron chi connectivity index (χ1n) is 25.2. The molecule has 2 aliphatic heterocycles. The summed E-state index contributed by atoms with van der Waals surface area (Å²) >= 11 is 0. The van der Waals surface area contributed by atoms with Gasteiger partial charge < -0.3 is 9.13 Å². The van der Waals surface area contributed by atoms with Crippen LogP contribution in [0.3, 0.4) is 0 Å². The Morgan fingerprint density at radius 2 is 0.699 bits per heavy atom. The van der Waals surface area contributed by atoms with E-state index in [1.165, 1.54) is 116 Å². The average Bonchev–Trinajstić information content (AvgIpc) is 3.98. The molecule has 336 valence electrons. The highest BCUT2D eigenvalue weighted by atomic mass is 15.0. The topological polar surface area (TPSA) is 35.6 Å². The number of aromatic nitrogens is 4. The van der Waals surface area contributed by atoms with Gasteiger partial charge in [0.15, 0.2) is 5.82 Å². The lowest BCUT2D eigenvalue weighted by Gasteiger charge is -2.34. The summed E-state index contributed by atoms with van der Waals surface area (Å²) in [5.74, 6) is 0.709. The van der Waals surface area contributed by atoms with Crippen LogP contribution in [0.15, 0.2) is 249 Å². The molecule has 0 fully saturated rings. The summed E-state index contributed by atoms with van der Waals surface area (Å²) in [7, 11) is 0. The van der Waals surface area contributed by atoms with Gasteiger partial charge in [-0.2, -0.15) is 0 Å². The highest BCUT2D eigenvalue weighted by molar-refractivity contribution is 7.00. The minimum Gasteiger partial charge on any atom is -0.310 e. The Labute approximate surface area is 421 Å². The lowest BCUT2D eigenvalue weighted by molar-refractivity contribution is 1.14. The van der Waals surface area contributed by atoms with Crippen molar-refractivity contribution < 1.29 is 0 Å². The minimum atomic E-state index is -0.103. The quantitative estimate of drug-likeness (QED) is 0.156. The molecule has 0 unspecified atom stereocenters. The van der Waals surface area contributed by atoms with E-state index in [1.807, 2.05) is 6.07 Å². The van der Waals surface area contributed by atoms with E-state index in [9.17, 15) is 0 Å². The van der Waals surface area contributed by atoms with Crippen LogP contribution in [0.5, 0.6) is 0 Å². The standard InChI is InChI=1S/C68H41BN4/c1-6-18-42(19-7-1)47-30-32-60-53(34-47)55-36-49(44-22-10-3-11-23-44)38-57-66(55)72(60)62-40-51(65-52-28-16-17-29-59(52)70-68(71-65)46-26-14-5-15-27-46)41-63-64(62)69(57)58-39-50(45-24-12-4-13-25-45)37-56-54-35-48(43-20-8-2-9-21-43)31-33-61(54)73(63)67(56)58/h1-41H. The largest absolute Gasteiger partial charge is 0.310 e. The van der Waals surface area contributed by atoms with Gasteiger partial charge in [0.25, 0.3) is 6.71 Å². The van der Waals surface area contributed by atoms with Gasteiger partial charge in [-0.15, -0.1) is 0 Å². The highest BCUT2D eigenvalue weighted by Crippen LogP contribution is 2.45. The van der Waals surface area contributed by atoms with Crippen LogP contribution in [0, 0.1) is 0 Å². The Balaban J connectivity index is 1.09. The van der Waals surface area contributed by atoms with Crippen molar-refractivity contribution in [3.8, 4) is 78.5 Å². The zero-order chi connectivity index (χ0) is 47.7. The van der Waals surface area contributed by atoms with Gasteiger partial charge in [-0.1, -0.05) is 194 Å². The van der Waals surface area contributed by atoms with Crippen LogP contribution >= 0.6 is 0 Å². The summed E-state index contributed by atoms with van der Waals surface area (Å²) in [6.45, 7) is -0.103. The Kier molecular flexibility index (Phi) is 8.51. The van der Waals surface area contributed by atoms with Gasteiger partial charge in [0.1, 0.15) is 0 Å². The molecule has 0 saturated carbocycles. The van der Waals surface area contributed by atoms with Crippen molar-refractivity contribution >= 4 is 77.6 Å². The van der Waals surface area contributed by atoms with Crippen LogP contribution in [0.1, 0.15) is 0 Å². The van der Waals surface area contributed by atoms with Gasteiger partial charge in [0, 0.05) is 60.5 Å². The number of hydrogen-bond acceptors (Lipinski definition) is 2. The lowest BCUT2D eigenvalue weighted by atomic mass is 9.34. The molecule has 3 aromatic heterocycles. The third-order valence-corrected chi connectivity index (χ3v) is 15.6. The van der Waals surface area contributed by atoms with E-state index in [4.69, 9.17) is 9.97 Å². The molecule has 0 aliphatic carbocycles. The van der Waals surface area contributed by atoms with Crippen molar-refractivity contribution in [2.75, 3.05) is 0 Å². The molecule has 73 heavy (non-hydrogen) atoms. The number of hydrogen-bond donors (Lipinski definition) is 0. The van der Waals surface area contributed by atoms with Crippen LogP contribution in [0.25, 0.3) is 133 Å². The molecular weight excluding hydrogens is 884 g/mol. The number of fused-ring (bicyclic) bond motifs is 11. The molecule has 0 bridgehead atoms. The number of rotatable bonds is 6. The smallest absolute Gasteiger partial charge is 0.252 e. The van der Waals surface area contributed by atoms with Crippen LogP contribution in [0.2, 0.25) is 0 Å². The maximum Gasteiger partial charge on any atom is 0.252 e. The second kappa shape index (κ2) is 15.5. The second-order valence-corrected chi connectivity index (χ2v) is 19.7. The first-order chi connectivity index (χ1) is 36.2. The zero-order valence-corrected chi connectivity index (χ0v) is 39.5. The van der Waals surface area contributed by atoms with E-state index in [-0.39, 0.29) is 6.71 Å². The van der Waals surface area contributed by atoms with Crippen LogP contribution in [-0.2, 0) is 0 Å². The monoisotopic (exact) mass is 924 g/mol. The Morgan fingerprint density at radius 3 is 1.18 bits per heavy atom. The molecule has 5 heterocycles. The predicted octanol–water partition coefficient (Wildman–Crippen LogP) is 15.0. The molecule has 0 amide bonds. The van der Waals surface area contributed by atoms with Crippen molar-refractivity contribution in [2.45, 2.75) is 0 Å². The SMILES string of the molecule is c1ccc(-c2ccc3c(c2)c2cc(-c4ccccc4)cc4c2n3-c2cc(-c3nc(-c5ccccc5)nc5ccccc35)cc3c2B4c2cc(-c4ccccc4)cc4c5cc(-c6ccccc6)ccc5n-3c24)cc1. The lowest BCUT2D eigenvalue weighted by Crippen LogP contribution is -2.59. The van der Waals surface area contributed by atoms with E-state index in [0.29, 0.717) is 5.82 Å². The first-order valence-corrected chi connectivity index (χ1v) is 25.2. The summed E-state index contributed by atoms with van der Waals surface area (Å²) in [5, 5.41) is 5.97. The van der Waals surface area contributed by atoms with Crippen LogP contribution < -0.4 is 16.4 Å². The Hall–Kier alpha value is -9.58. The van der Waals surface area contributed by atoms with Gasteiger partial charge in [0.2, 0.25) is 0 Å². The van der Waals surface area contributed by atoms with Gasteiger partial charge in [0.05, 0.1) is 22.2 Å². The fraction of sp³-hybridized carbons (Fsp3) is 0. The molecule has 11 aromatic carbocycles. The molecule has 0 radical (unpaired) electrons. The van der Waals surface area contributed by atoms with Crippen molar-refractivity contribution in [3.63, 3.8) is 0 Å². The van der Waals surface area contributed by atoms with E-state index >= 15 is 0 Å². The maximum atomic E-state index is 5.54. The fourth-order valence-corrected chi connectivity index (χ4v) is 12.4. The normalized spacial score (nSPS) is 12.4. The molecule has 4 nitrogen and oxygen atoms in total. The van der Waals surface area contributed by atoms with Crippen LogP contribution in [0.4, 0.5) is 0 Å². The van der Waals surface area contributed by atoms with E-state index in [1.54, 1.807) is 0 Å². The molecule has 5 heteroatoms. The van der Waals surface area contributed by atoms with Crippen molar-refractivity contribution in [1.29, 1.82) is 0 Å². The number of benzene rings is 11. The minimum absolute atomic E-state index is 0.103. The maximum absolute atomic E-state index is 5.54. The van der Waals surface area contributed by atoms with Gasteiger partial charge >= 0.3 is 0 Å². The van der Waals surface area contributed by atoms with Crippen LogP contribution in [-0.4, -0.2) is 25.8 Å². The fourth-order valence-electron chi connectivity index (χ4n) is 12.4. The van der Waals surface area contributed by atoms with E-state index in [2.05, 4.69) is 252 Å². The van der Waals surface area contributed by atoms with Gasteiger partial charge in [-0.05, 0) is 115 Å². The van der Waals surface area contributed by atoms with Gasteiger partial charge in [-0.25, -0.2) is 9.97 Å². The van der Waals surface area contributed by atoms with Gasteiger partial charge in [-0.3, -0.25) is 0 Å². The van der Waals surface area contributed by atoms with E-state index < -0.39 is 0 Å². The van der Waals surface area contributed by atoms with E-state index in [0.717, 1.165) is 27.7 Å². The third kappa shape index (κ3) is 5.97. The van der Waals surface area contributed by atoms with Crippen molar-refractivity contribution in [1.82, 2.24) is 19.1 Å². The summed E-state index contributed by atoms with van der Waals surface area (Å²) in [4.78, 5) is 10.7. The molecule has 2 aliphatic rings. The molecular formula is C68H41BN4. The number of nitrogens with zero attached hydrogens (tertiary/aromatic N) is 4. The molecule has 0 spiro atoms. The Bertz CT molecular complexity index is 4350. The Morgan fingerprint density at radius 1 is 0.288 bits per heavy atom. The van der Waals surface area contributed by atoms with Crippen molar-refractivity contribution in [3.05, 3.63) is 249 Å². The molecule has 16 rings (SSSR count). The molecule has 14 aromatic rings. The number of para-hydroxylation sites is 1. The summed E-state index contributed by atoms with van der Waals surface area (Å²) in [6, 6.07) is 91.3. The predicted molar refractivity (Wildman–Crippen MR) is 305 cm³/mol. The summed E-state index contributed by atoms with van der Waals surface area (Å²) in [5.41, 5.74) is 24.6. The van der Waals surface area contributed by atoms with Crippen molar-refractivity contribution in [2.24, 2.45) is 0 Å².